The molecular weight excluding hydrogens is 428 g/mol. The summed E-state index contributed by atoms with van der Waals surface area (Å²) in [6.07, 6.45) is 14.3. The number of likely N-dealkylation sites (tertiary alicyclic amines) is 1. The van der Waals surface area contributed by atoms with Crippen LogP contribution in [0.4, 0.5) is 4.79 Å². The van der Waals surface area contributed by atoms with Crippen LogP contribution in [0.2, 0.25) is 0 Å². The number of carbonyl (C=O) groups is 2. The highest BCUT2D eigenvalue weighted by Gasteiger charge is 2.56. The number of carbonyl (C=O) groups excluding carboxylic acids is 2. The Kier molecular flexibility index (Phi) is 4.56. The third-order valence-electron chi connectivity index (χ3n) is 9.87. The van der Waals surface area contributed by atoms with Gasteiger partial charge in [-0.3, -0.25) is 9.78 Å². The van der Waals surface area contributed by atoms with E-state index in [0.29, 0.717) is 29.2 Å². The summed E-state index contributed by atoms with van der Waals surface area (Å²) in [5.74, 6) is 3.20. The van der Waals surface area contributed by atoms with Crippen LogP contribution in [-0.4, -0.2) is 47.0 Å². The Morgan fingerprint density at radius 3 is 2.44 bits per heavy atom. The van der Waals surface area contributed by atoms with Gasteiger partial charge < -0.3 is 20.0 Å². The second-order valence-electron chi connectivity index (χ2n) is 12.1. The molecule has 1 unspecified atom stereocenters. The minimum absolute atomic E-state index is 0.0834. The molecule has 34 heavy (non-hydrogen) atoms. The molecule has 1 atom stereocenters. The molecule has 7 nitrogen and oxygen atoms in total. The van der Waals surface area contributed by atoms with E-state index < -0.39 is 0 Å². The van der Waals surface area contributed by atoms with Crippen LogP contribution in [0.1, 0.15) is 68.3 Å². The summed E-state index contributed by atoms with van der Waals surface area (Å²) in [5.41, 5.74) is 1.01. The summed E-state index contributed by atoms with van der Waals surface area (Å²) in [5, 5.41) is 7.50. The lowest BCUT2D eigenvalue weighted by Crippen LogP contribution is -2.62. The van der Waals surface area contributed by atoms with Gasteiger partial charge in [0, 0.05) is 36.8 Å². The fourth-order valence-electron chi connectivity index (χ4n) is 8.36. The summed E-state index contributed by atoms with van der Waals surface area (Å²) in [6.45, 7) is 2.34. The predicted molar refractivity (Wildman–Crippen MR) is 127 cm³/mol. The Morgan fingerprint density at radius 2 is 1.76 bits per heavy atom. The van der Waals surface area contributed by atoms with Crippen molar-refractivity contribution in [3.8, 4) is 0 Å². The zero-order chi connectivity index (χ0) is 22.9. The zero-order valence-electron chi connectivity index (χ0n) is 19.7. The summed E-state index contributed by atoms with van der Waals surface area (Å²) in [6, 6.07) is 3.79. The van der Waals surface area contributed by atoms with E-state index in [-0.39, 0.29) is 17.5 Å². The molecule has 2 aromatic rings. The van der Waals surface area contributed by atoms with E-state index >= 15 is 0 Å². The Labute approximate surface area is 200 Å². The summed E-state index contributed by atoms with van der Waals surface area (Å²) in [4.78, 5) is 31.9. The molecule has 1 spiro atoms. The molecule has 7 heteroatoms. The molecule has 1 saturated heterocycles. The van der Waals surface area contributed by atoms with Gasteiger partial charge in [0.25, 0.3) is 5.91 Å². The molecule has 4 bridgehead atoms. The topological polar surface area (TPSA) is 87.5 Å². The largest absolute Gasteiger partial charge is 0.449 e. The van der Waals surface area contributed by atoms with Gasteiger partial charge in [0.1, 0.15) is 0 Å². The van der Waals surface area contributed by atoms with Crippen LogP contribution >= 0.6 is 0 Å². The first-order valence-electron chi connectivity index (χ1n) is 13.2. The van der Waals surface area contributed by atoms with Gasteiger partial charge in [0.2, 0.25) is 0 Å². The standard InChI is InChI=1S/C27H34N4O3/c32-24(22-10-20-1-4-28-16-23(20)34-22)29-15-21-14-26(21)2-5-31(6-3-26)25(33)30-27-11-17-7-18(12-27)9-19(8-17)13-27/h1,4,10,16-19,21H,2-3,5-9,11-15H2,(H,29,32)(H,30,33). The number of fused-ring (bicyclic) bond motifs is 1. The number of nitrogens with zero attached hydrogens (tertiary/aromatic N) is 2. The quantitative estimate of drug-likeness (QED) is 0.708. The van der Waals surface area contributed by atoms with Crippen LogP contribution in [0, 0.1) is 29.1 Å². The number of hydrogen-bond donors (Lipinski definition) is 2. The van der Waals surface area contributed by atoms with Crippen LogP contribution in [0.3, 0.4) is 0 Å². The summed E-state index contributed by atoms with van der Waals surface area (Å²) >= 11 is 0. The van der Waals surface area contributed by atoms with Crippen molar-refractivity contribution in [2.24, 2.45) is 29.1 Å². The van der Waals surface area contributed by atoms with Crippen molar-refractivity contribution in [2.75, 3.05) is 19.6 Å². The lowest BCUT2D eigenvalue weighted by molar-refractivity contribution is -0.0163. The average Bonchev–Trinajstić information content (AvgIpc) is 3.28. The Hall–Kier alpha value is -2.57. The van der Waals surface area contributed by atoms with E-state index in [1.54, 1.807) is 18.5 Å². The van der Waals surface area contributed by atoms with Crippen LogP contribution < -0.4 is 10.6 Å². The van der Waals surface area contributed by atoms with Crippen LogP contribution in [0.15, 0.2) is 28.9 Å². The first kappa shape index (κ1) is 20.8. The molecule has 0 radical (unpaired) electrons. The molecule has 1 aliphatic heterocycles. The van der Waals surface area contributed by atoms with Gasteiger partial charge in [-0.25, -0.2) is 4.79 Å². The number of aromatic nitrogens is 1. The number of pyridine rings is 1. The number of piperidine rings is 1. The number of urea groups is 1. The van der Waals surface area contributed by atoms with E-state index in [4.69, 9.17) is 4.42 Å². The lowest BCUT2D eigenvalue weighted by atomic mass is 9.53. The van der Waals surface area contributed by atoms with Gasteiger partial charge >= 0.3 is 6.03 Å². The molecule has 2 N–H and O–H groups in total. The fourth-order valence-corrected chi connectivity index (χ4v) is 8.36. The first-order valence-corrected chi connectivity index (χ1v) is 13.2. The highest BCUT2D eigenvalue weighted by Crippen LogP contribution is 2.59. The second-order valence-corrected chi connectivity index (χ2v) is 12.1. The van der Waals surface area contributed by atoms with Gasteiger partial charge in [-0.2, -0.15) is 0 Å². The highest BCUT2D eigenvalue weighted by molar-refractivity contribution is 5.95. The molecule has 3 heterocycles. The van der Waals surface area contributed by atoms with Gasteiger partial charge in [-0.05, 0) is 99.0 Å². The monoisotopic (exact) mass is 462 g/mol. The number of rotatable bonds is 4. The van der Waals surface area contributed by atoms with E-state index in [9.17, 15) is 9.59 Å². The van der Waals surface area contributed by atoms with Gasteiger partial charge in [-0.15, -0.1) is 0 Å². The Bertz CT molecular complexity index is 1060. The second kappa shape index (κ2) is 7.46. The maximum atomic E-state index is 13.2. The van der Waals surface area contributed by atoms with E-state index in [2.05, 4.69) is 20.5 Å². The Balaban J connectivity index is 0.906. The van der Waals surface area contributed by atoms with Gasteiger partial charge in [0.15, 0.2) is 11.3 Å². The normalized spacial score (nSPS) is 35.0. The van der Waals surface area contributed by atoms with Crippen LogP contribution in [-0.2, 0) is 0 Å². The molecule has 5 aliphatic carbocycles. The minimum Gasteiger partial charge on any atom is -0.449 e. The zero-order valence-corrected chi connectivity index (χ0v) is 19.7. The van der Waals surface area contributed by atoms with Crippen molar-refractivity contribution in [1.29, 1.82) is 0 Å². The average molecular weight is 463 g/mol. The van der Waals surface area contributed by atoms with Crippen molar-refractivity contribution in [3.63, 3.8) is 0 Å². The van der Waals surface area contributed by atoms with Crippen molar-refractivity contribution < 1.29 is 14.0 Å². The van der Waals surface area contributed by atoms with Crippen molar-refractivity contribution in [2.45, 2.75) is 63.3 Å². The highest BCUT2D eigenvalue weighted by atomic mass is 16.3. The fraction of sp³-hybridized carbons (Fsp3) is 0.667. The third-order valence-corrected chi connectivity index (χ3v) is 9.87. The van der Waals surface area contributed by atoms with Crippen molar-refractivity contribution in [3.05, 3.63) is 30.3 Å². The molecule has 3 amide bonds. The number of nitrogens with one attached hydrogen (secondary N) is 2. The molecule has 0 aromatic carbocycles. The lowest BCUT2D eigenvalue weighted by Gasteiger charge is -2.57. The smallest absolute Gasteiger partial charge is 0.317 e. The van der Waals surface area contributed by atoms with Gasteiger partial charge in [-0.1, -0.05) is 0 Å². The summed E-state index contributed by atoms with van der Waals surface area (Å²) in [7, 11) is 0. The first-order chi connectivity index (χ1) is 16.5. The van der Waals surface area contributed by atoms with E-state index in [0.717, 1.165) is 55.5 Å². The Morgan fingerprint density at radius 1 is 1.06 bits per heavy atom. The summed E-state index contributed by atoms with van der Waals surface area (Å²) < 4.78 is 5.63. The molecule has 8 rings (SSSR count). The molecule has 5 saturated carbocycles. The number of amides is 3. The number of furan rings is 1. The maximum absolute atomic E-state index is 13.2. The predicted octanol–water partition coefficient (Wildman–Crippen LogP) is 4.34. The molecule has 180 valence electrons. The molecule has 6 fully saturated rings. The SMILES string of the molecule is O=C(NCC1CC12CCN(C(=O)NC13CC4CC(CC(C4)C1)C3)CC2)c1cc2ccncc2o1. The maximum Gasteiger partial charge on any atom is 0.317 e. The van der Waals surface area contributed by atoms with Crippen molar-refractivity contribution >= 4 is 22.9 Å². The van der Waals surface area contributed by atoms with Gasteiger partial charge in [0.05, 0.1) is 6.20 Å². The van der Waals surface area contributed by atoms with Crippen LogP contribution in [0.5, 0.6) is 0 Å². The molecule has 2 aromatic heterocycles. The third kappa shape index (κ3) is 3.50. The molecular formula is C27H34N4O3. The van der Waals surface area contributed by atoms with E-state index in [1.807, 2.05) is 6.07 Å². The van der Waals surface area contributed by atoms with Crippen molar-refractivity contribution in [1.82, 2.24) is 20.5 Å². The van der Waals surface area contributed by atoms with E-state index in [1.165, 1.54) is 38.5 Å². The molecule has 6 aliphatic rings. The number of hydrogen-bond acceptors (Lipinski definition) is 4. The van der Waals surface area contributed by atoms with Crippen LogP contribution in [0.25, 0.3) is 11.0 Å². The minimum atomic E-state index is -0.161.